The number of ether oxygens (including phenoxy) is 1. The average Bonchev–Trinajstić information content (AvgIpc) is 2.16. The van der Waals surface area contributed by atoms with Crippen LogP contribution in [0.25, 0.3) is 0 Å². The smallest absolute Gasteiger partial charge is 0.243 e. The fraction of sp³-hybridized carbons (Fsp3) is 0.538. The monoisotopic (exact) mass is 222 g/mol. The summed E-state index contributed by atoms with van der Waals surface area (Å²) >= 11 is 0. The molecule has 0 radical (unpaired) electrons. The average molecular weight is 222 g/mol. The molecule has 1 saturated heterocycles. The second-order valence-corrected chi connectivity index (χ2v) is 5.32. The van der Waals surface area contributed by atoms with Gasteiger partial charge in [-0.25, -0.2) is 0 Å². The first kappa shape index (κ1) is 11.6. The summed E-state index contributed by atoms with van der Waals surface area (Å²) in [7, 11) is 4.23. The number of rotatable bonds is 1. The molecule has 1 unspecified atom stereocenters. The zero-order chi connectivity index (χ0) is 11.8. The Balaban J connectivity index is 2.27. The Hall–Kier alpha value is -0.900. The number of nitrogens with zero attached hydrogens (tertiary/aromatic N) is 1. The molecule has 0 bridgehead atoms. The minimum absolute atomic E-state index is 0.593. The molecule has 1 aromatic rings. The first-order valence-corrected chi connectivity index (χ1v) is 5.67. The molecule has 3 nitrogen and oxygen atoms in total. The fourth-order valence-corrected chi connectivity index (χ4v) is 2.16. The van der Waals surface area contributed by atoms with Crippen LogP contribution < -0.4 is 0 Å². The SMILES string of the molecule is Cc1ccc(C2(O)C[N+](C)(C)CCO2)cc1. The van der Waals surface area contributed by atoms with Gasteiger partial charge in [0.05, 0.1) is 20.7 Å². The van der Waals surface area contributed by atoms with Gasteiger partial charge in [-0.3, -0.25) is 0 Å². The molecule has 1 heterocycles. The van der Waals surface area contributed by atoms with Crippen molar-refractivity contribution < 1.29 is 14.3 Å². The van der Waals surface area contributed by atoms with Crippen LogP contribution >= 0.6 is 0 Å². The predicted molar refractivity (Wildman–Crippen MR) is 62.9 cm³/mol. The second-order valence-electron chi connectivity index (χ2n) is 5.32. The third kappa shape index (κ3) is 2.26. The van der Waals surface area contributed by atoms with E-state index in [1.54, 1.807) is 0 Å². The minimum Gasteiger partial charge on any atom is -0.357 e. The topological polar surface area (TPSA) is 29.5 Å². The summed E-state index contributed by atoms with van der Waals surface area (Å²) in [4.78, 5) is 0. The summed E-state index contributed by atoms with van der Waals surface area (Å²) in [5.41, 5.74) is 2.04. The molecule has 0 saturated carbocycles. The Bertz CT molecular complexity index is 372. The van der Waals surface area contributed by atoms with E-state index in [-0.39, 0.29) is 0 Å². The standard InChI is InChI=1S/C13H20NO2/c1-11-4-6-12(7-5-11)13(15)10-14(2,3)8-9-16-13/h4-7,15H,8-10H2,1-3H3/q+1. The van der Waals surface area contributed by atoms with Crippen LogP contribution in [0.3, 0.4) is 0 Å². The third-order valence-corrected chi connectivity index (χ3v) is 3.18. The number of hydrogen-bond acceptors (Lipinski definition) is 2. The van der Waals surface area contributed by atoms with E-state index in [1.807, 2.05) is 31.2 Å². The molecule has 1 N–H and O–H groups in total. The zero-order valence-corrected chi connectivity index (χ0v) is 10.2. The molecule has 88 valence electrons. The lowest BCUT2D eigenvalue weighted by Gasteiger charge is -2.42. The molecule has 1 aliphatic heterocycles. The molecule has 2 rings (SSSR count). The van der Waals surface area contributed by atoms with E-state index in [2.05, 4.69) is 14.1 Å². The van der Waals surface area contributed by atoms with Crippen LogP contribution in [-0.2, 0) is 10.5 Å². The van der Waals surface area contributed by atoms with Crippen molar-refractivity contribution in [1.29, 1.82) is 0 Å². The maximum Gasteiger partial charge on any atom is 0.243 e. The molecule has 1 fully saturated rings. The predicted octanol–water partition coefficient (Wildman–Crippen LogP) is 1.25. The van der Waals surface area contributed by atoms with Crippen LogP contribution in [-0.4, -0.2) is 43.4 Å². The minimum atomic E-state index is -1.13. The number of benzene rings is 1. The number of aliphatic hydroxyl groups is 1. The van der Waals surface area contributed by atoms with Gasteiger partial charge in [0, 0.05) is 5.56 Å². The second kappa shape index (κ2) is 3.84. The normalized spacial score (nSPS) is 29.0. The summed E-state index contributed by atoms with van der Waals surface area (Å²) in [6.45, 7) is 4.16. The van der Waals surface area contributed by atoms with Gasteiger partial charge in [-0.2, -0.15) is 0 Å². The summed E-state index contributed by atoms with van der Waals surface area (Å²) in [5, 5.41) is 10.5. The van der Waals surface area contributed by atoms with Crippen LogP contribution in [0.15, 0.2) is 24.3 Å². The van der Waals surface area contributed by atoms with Gasteiger partial charge in [-0.15, -0.1) is 0 Å². The van der Waals surface area contributed by atoms with E-state index < -0.39 is 5.79 Å². The largest absolute Gasteiger partial charge is 0.357 e. The first-order chi connectivity index (χ1) is 7.41. The van der Waals surface area contributed by atoms with Crippen molar-refractivity contribution >= 4 is 0 Å². The Morgan fingerprint density at radius 2 is 1.88 bits per heavy atom. The van der Waals surface area contributed by atoms with Gasteiger partial charge >= 0.3 is 0 Å². The van der Waals surface area contributed by atoms with Gasteiger partial charge in [0.25, 0.3) is 0 Å². The fourth-order valence-electron chi connectivity index (χ4n) is 2.16. The third-order valence-electron chi connectivity index (χ3n) is 3.18. The van der Waals surface area contributed by atoms with Crippen LogP contribution in [0.4, 0.5) is 0 Å². The van der Waals surface area contributed by atoms with Crippen LogP contribution in [0.2, 0.25) is 0 Å². The summed E-state index contributed by atoms with van der Waals surface area (Å²) < 4.78 is 6.35. The molecule has 0 aromatic heterocycles. The summed E-state index contributed by atoms with van der Waals surface area (Å²) in [5.74, 6) is -1.13. The highest BCUT2D eigenvalue weighted by Crippen LogP contribution is 2.29. The lowest BCUT2D eigenvalue weighted by molar-refractivity contribution is -0.912. The number of hydrogen-bond donors (Lipinski definition) is 1. The van der Waals surface area contributed by atoms with Crippen LogP contribution in [0.1, 0.15) is 11.1 Å². The number of likely N-dealkylation sites (N-methyl/N-ethyl adjacent to an activating group) is 1. The quantitative estimate of drug-likeness (QED) is 0.725. The molecule has 1 aromatic carbocycles. The van der Waals surface area contributed by atoms with Crippen molar-refractivity contribution in [3.63, 3.8) is 0 Å². The summed E-state index contributed by atoms with van der Waals surface area (Å²) in [6.07, 6.45) is 0. The highest BCUT2D eigenvalue weighted by Gasteiger charge is 2.42. The van der Waals surface area contributed by atoms with E-state index in [0.29, 0.717) is 13.2 Å². The lowest BCUT2D eigenvalue weighted by atomic mass is 10.0. The first-order valence-electron chi connectivity index (χ1n) is 5.67. The van der Waals surface area contributed by atoms with E-state index in [0.717, 1.165) is 16.6 Å². The summed E-state index contributed by atoms with van der Waals surface area (Å²) in [6, 6.07) is 7.90. The van der Waals surface area contributed by atoms with Crippen molar-refractivity contribution in [3.8, 4) is 0 Å². The highest BCUT2D eigenvalue weighted by atomic mass is 16.6. The Morgan fingerprint density at radius 1 is 1.25 bits per heavy atom. The van der Waals surface area contributed by atoms with Crippen molar-refractivity contribution in [1.82, 2.24) is 0 Å². The van der Waals surface area contributed by atoms with E-state index >= 15 is 0 Å². The molecule has 16 heavy (non-hydrogen) atoms. The number of quaternary nitrogens is 1. The van der Waals surface area contributed by atoms with Crippen LogP contribution in [0.5, 0.6) is 0 Å². The molecule has 1 atom stereocenters. The molecule has 0 amide bonds. The van der Waals surface area contributed by atoms with Gasteiger partial charge in [-0.05, 0) is 6.92 Å². The Labute approximate surface area is 96.9 Å². The van der Waals surface area contributed by atoms with Gasteiger partial charge < -0.3 is 14.3 Å². The van der Waals surface area contributed by atoms with E-state index in [9.17, 15) is 5.11 Å². The maximum absolute atomic E-state index is 10.5. The molecule has 0 spiro atoms. The Morgan fingerprint density at radius 3 is 2.44 bits per heavy atom. The van der Waals surface area contributed by atoms with Crippen molar-refractivity contribution in [2.45, 2.75) is 12.7 Å². The lowest BCUT2D eigenvalue weighted by Crippen LogP contribution is -2.57. The number of morpholine rings is 1. The molecule has 3 heteroatoms. The van der Waals surface area contributed by atoms with Gasteiger partial charge in [0.1, 0.15) is 13.1 Å². The van der Waals surface area contributed by atoms with Gasteiger partial charge in [0.2, 0.25) is 5.79 Å². The molecular weight excluding hydrogens is 202 g/mol. The highest BCUT2D eigenvalue weighted by molar-refractivity contribution is 5.25. The number of aryl methyl sites for hydroxylation is 1. The molecule has 0 aliphatic carbocycles. The molecule has 1 aliphatic rings. The van der Waals surface area contributed by atoms with E-state index in [1.165, 1.54) is 5.56 Å². The van der Waals surface area contributed by atoms with Gasteiger partial charge in [-0.1, -0.05) is 29.8 Å². The Kier molecular flexibility index (Phi) is 2.78. The van der Waals surface area contributed by atoms with E-state index in [4.69, 9.17) is 4.74 Å². The van der Waals surface area contributed by atoms with Crippen molar-refractivity contribution in [3.05, 3.63) is 35.4 Å². The maximum atomic E-state index is 10.5. The van der Waals surface area contributed by atoms with Crippen LogP contribution in [0, 0.1) is 6.92 Å². The van der Waals surface area contributed by atoms with Crippen molar-refractivity contribution in [2.24, 2.45) is 0 Å². The van der Waals surface area contributed by atoms with Crippen molar-refractivity contribution in [2.75, 3.05) is 33.8 Å². The molecular formula is C13H20NO2+. The zero-order valence-electron chi connectivity index (χ0n) is 10.2. The van der Waals surface area contributed by atoms with Gasteiger partial charge in [0.15, 0.2) is 0 Å².